The summed E-state index contributed by atoms with van der Waals surface area (Å²) in [6.07, 6.45) is 0.909. The Morgan fingerprint density at radius 1 is 1.12 bits per heavy atom. The van der Waals surface area contributed by atoms with Crippen molar-refractivity contribution < 1.29 is 4.74 Å². The van der Waals surface area contributed by atoms with Gasteiger partial charge in [0, 0.05) is 30.9 Å². The van der Waals surface area contributed by atoms with Gasteiger partial charge in [-0.1, -0.05) is 0 Å². The van der Waals surface area contributed by atoms with Gasteiger partial charge in [0.05, 0.1) is 7.11 Å². The molecule has 1 saturated heterocycles. The molecule has 16 heavy (non-hydrogen) atoms. The molecule has 0 aromatic heterocycles. The van der Waals surface area contributed by atoms with Gasteiger partial charge in [0.2, 0.25) is 0 Å². The van der Waals surface area contributed by atoms with Crippen LogP contribution in [0.4, 0.5) is 5.69 Å². The van der Waals surface area contributed by atoms with E-state index in [4.69, 9.17) is 16.2 Å². The Morgan fingerprint density at radius 2 is 1.69 bits per heavy atom. The second-order valence-corrected chi connectivity index (χ2v) is 4.36. The van der Waals surface area contributed by atoms with E-state index in [-0.39, 0.29) is 12.1 Å². The smallest absolute Gasteiger partial charge is 0.119 e. The fourth-order valence-electron chi connectivity index (χ4n) is 2.18. The highest BCUT2D eigenvalue weighted by atomic mass is 16.5. The summed E-state index contributed by atoms with van der Waals surface area (Å²) >= 11 is 0. The summed E-state index contributed by atoms with van der Waals surface area (Å²) in [5.74, 6) is 0.870. The summed E-state index contributed by atoms with van der Waals surface area (Å²) in [6.45, 7) is 1.75. The number of methoxy groups -OCH3 is 1. The van der Waals surface area contributed by atoms with E-state index in [1.165, 1.54) is 0 Å². The van der Waals surface area contributed by atoms with Crippen LogP contribution in [0.5, 0.6) is 5.75 Å². The second-order valence-electron chi connectivity index (χ2n) is 4.36. The lowest BCUT2D eigenvalue weighted by Crippen LogP contribution is -2.52. The molecule has 0 aliphatic carbocycles. The van der Waals surface area contributed by atoms with Crippen molar-refractivity contribution in [1.82, 2.24) is 0 Å². The average molecular weight is 221 g/mol. The molecule has 1 aromatic carbocycles. The second kappa shape index (κ2) is 4.72. The molecule has 2 rings (SSSR count). The highest BCUT2D eigenvalue weighted by Crippen LogP contribution is 2.21. The zero-order chi connectivity index (χ0) is 11.5. The van der Waals surface area contributed by atoms with Crippen LogP contribution in [0.25, 0.3) is 0 Å². The zero-order valence-electron chi connectivity index (χ0n) is 9.60. The highest BCUT2D eigenvalue weighted by molar-refractivity contribution is 5.49. The number of piperidine rings is 1. The number of rotatable bonds is 2. The molecular weight excluding hydrogens is 202 g/mol. The summed E-state index contributed by atoms with van der Waals surface area (Å²) in [6, 6.07) is 8.35. The first-order chi connectivity index (χ1) is 7.69. The van der Waals surface area contributed by atoms with Gasteiger partial charge in [-0.05, 0) is 30.7 Å². The van der Waals surface area contributed by atoms with Gasteiger partial charge >= 0.3 is 0 Å². The minimum atomic E-state index is 0.172. The van der Waals surface area contributed by atoms with Crippen LogP contribution >= 0.6 is 0 Å². The zero-order valence-corrected chi connectivity index (χ0v) is 9.60. The first-order valence-electron chi connectivity index (χ1n) is 5.59. The number of anilines is 1. The predicted molar refractivity (Wildman–Crippen MR) is 65.8 cm³/mol. The molecule has 0 spiro atoms. The maximum atomic E-state index is 5.96. The fourth-order valence-corrected chi connectivity index (χ4v) is 2.18. The molecule has 4 N–H and O–H groups in total. The van der Waals surface area contributed by atoms with E-state index >= 15 is 0 Å². The topological polar surface area (TPSA) is 64.5 Å². The molecule has 0 radical (unpaired) electrons. The quantitative estimate of drug-likeness (QED) is 0.766. The van der Waals surface area contributed by atoms with Gasteiger partial charge < -0.3 is 21.1 Å². The first kappa shape index (κ1) is 11.2. The molecule has 0 saturated carbocycles. The van der Waals surface area contributed by atoms with Crippen LogP contribution in [0.3, 0.4) is 0 Å². The number of hydrogen-bond donors (Lipinski definition) is 2. The third kappa shape index (κ3) is 2.46. The molecule has 2 unspecified atom stereocenters. The molecule has 0 bridgehead atoms. The fraction of sp³-hybridized carbons (Fsp3) is 0.500. The van der Waals surface area contributed by atoms with Crippen LogP contribution in [0.1, 0.15) is 6.42 Å². The van der Waals surface area contributed by atoms with Gasteiger partial charge in [0.1, 0.15) is 5.75 Å². The van der Waals surface area contributed by atoms with Gasteiger partial charge in [0.25, 0.3) is 0 Å². The Labute approximate surface area is 96.2 Å². The molecule has 1 aliphatic rings. The van der Waals surface area contributed by atoms with E-state index in [0.717, 1.165) is 30.9 Å². The van der Waals surface area contributed by atoms with Crippen molar-refractivity contribution in [3.63, 3.8) is 0 Å². The molecule has 1 aliphatic heterocycles. The molecular formula is C12H19N3O. The Morgan fingerprint density at radius 3 is 2.19 bits per heavy atom. The van der Waals surface area contributed by atoms with Crippen molar-refractivity contribution in [1.29, 1.82) is 0 Å². The van der Waals surface area contributed by atoms with Crippen molar-refractivity contribution >= 4 is 5.69 Å². The molecule has 1 heterocycles. The SMILES string of the molecule is COc1ccc(N2CC(N)CC(N)C2)cc1. The van der Waals surface area contributed by atoms with E-state index in [2.05, 4.69) is 4.90 Å². The monoisotopic (exact) mass is 221 g/mol. The number of nitrogens with two attached hydrogens (primary N) is 2. The van der Waals surface area contributed by atoms with Crippen molar-refractivity contribution in [2.45, 2.75) is 18.5 Å². The lowest BCUT2D eigenvalue weighted by atomic mass is 10.0. The Hall–Kier alpha value is -1.26. The third-order valence-electron chi connectivity index (χ3n) is 2.95. The van der Waals surface area contributed by atoms with Crippen LogP contribution in [0.2, 0.25) is 0 Å². The van der Waals surface area contributed by atoms with Gasteiger partial charge in [-0.2, -0.15) is 0 Å². The van der Waals surface area contributed by atoms with Crippen molar-refractivity contribution in [2.75, 3.05) is 25.1 Å². The van der Waals surface area contributed by atoms with Gasteiger partial charge in [-0.3, -0.25) is 0 Å². The van der Waals surface area contributed by atoms with Gasteiger partial charge in [-0.25, -0.2) is 0 Å². The molecule has 4 nitrogen and oxygen atoms in total. The molecule has 0 amide bonds. The number of benzene rings is 1. The van der Waals surface area contributed by atoms with Crippen LogP contribution in [0, 0.1) is 0 Å². The Balaban J connectivity index is 2.10. The van der Waals surface area contributed by atoms with E-state index in [1.807, 2.05) is 24.3 Å². The predicted octanol–water partition coefficient (Wildman–Crippen LogP) is 0.560. The average Bonchev–Trinajstić information content (AvgIpc) is 2.28. The summed E-state index contributed by atoms with van der Waals surface area (Å²) in [7, 11) is 1.67. The summed E-state index contributed by atoms with van der Waals surface area (Å²) in [5, 5.41) is 0. The number of nitrogens with zero attached hydrogens (tertiary/aromatic N) is 1. The molecule has 2 atom stereocenters. The van der Waals surface area contributed by atoms with E-state index in [9.17, 15) is 0 Å². The van der Waals surface area contributed by atoms with Gasteiger partial charge in [0.15, 0.2) is 0 Å². The maximum absolute atomic E-state index is 5.96. The summed E-state index contributed by atoms with van der Waals surface area (Å²) < 4.78 is 5.13. The molecule has 1 fully saturated rings. The summed E-state index contributed by atoms with van der Waals surface area (Å²) in [4.78, 5) is 2.23. The van der Waals surface area contributed by atoms with Crippen LogP contribution in [-0.2, 0) is 0 Å². The maximum Gasteiger partial charge on any atom is 0.119 e. The number of hydrogen-bond acceptors (Lipinski definition) is 4. The molecule has 88 valence electrons. The van der Waals surface area contributed by atoms with Crippen LogP contribution < -0.4 is 21.1 Å². The minimum Gasteiger partial charge on any atom is -0.497 e. The minimum absolute atomic E-state index is 0.172. The molecule has 4 heteroatoms. The summed E-state index contributed by atoms with van der Waals surface area (Å²) in [5.41, 5.74) is 13.1. The van der Waals surface area contributed by atoms with Crippen molar-refractivity contribution in [2.24, 2.45) is 11.5 Å². The largest absolute Gasteiger partial charge is 0.497 e. The molecule has 1 aromatic rings. The van der Waals surface area contributed by atoms with Crippen LogP contribution in [-0.4, -0.2) is 32.3 Å². The normalized spacial score (nSPS) is 25.6. The Kier molecular flexibility index (Phi) is 3.31. The lowest BCUT2D eigenvalue weighted by Gasteiger charge is -2.36. The first-order valence-corrected chi connectivity index (χ1v) is 5.59. The van der Waals surface area contributed by atoms with E-state index in [0.29, 0.717) is 0 Å². The Bertz CT molecular complexity index is 329. The van der Waals surface area contributed by atoms with E-state index < -0.39 is 0 Å². The third-order valence-corrected chi connectivity index (χ3v) is 2.95. The standard InChI is InChI=1S/C12H19N3O/c1-16-12-4-2-11(3-5-12)15-7-9(13)6-10(14)8-15/h2-5,9-10H,6-8,13-14H2,1H3. The number of ether oxygens (including phenoxy) is 1. The van der Waals surface area contributed by atoms with Crippen LogP contribution in [0.15, 0.2) is 24.3 Å². The highest BCUT2D eigenvalue weighted by Gasteiger charge is 2.22. The van der Waals surface area contributed by atoms with E-state index in [1.54, 1.807) is 7.11 Å². The van der Waals surface area contributed by atoms with Crippen molar-refractivity contribution in [3.8, 4) is 5.75 Å². The van der Waals surface area contributed by atoms with Gasteiger partial charge in [-0.15, -0.1) is 0 Å². The lowest BCUT2D eigenvalue weighted by molar-refractivity contribution is 0.414. The van der Waals surface area contributed by atoms with Crippen molar-refractivity contribution in [3.05, 3.63) is 24.3 Å².